The van der Waals surface area contributed by atoms with Gasteiger partial charge in [-0.05, 0) is 24.3 Å². The standard InChI is InChI=1S/C10H12BrN5O2S/c11-6-1-3-7(4-2-6)19(17,18)16-10-8(12)9(13)14-5-15-10/h1-4,15-16H,5,12H2,(H2,13,14). The summed E-state index contributed by atoms with van der Waals surface area (Å²) in [4.78, 5) is 3.96. The number of aliphatic imine (C=N–C) groups is 1. The van der Waals surface area contributed by atoms with E-state index in [4.69, 9.17) is 11.5 Å². The minimum Gasteiger partial charge on any atom is -0.393 e. The Morgan fingerprint density at radius 2 is 1.89 bits per heavy atom. The topological polar surface area (TPSA) is 123 Å². The molecule has 1 aliphatic rings. The molecule has 0 spiro atoms. The average Bonchev–Trinajstić information content (AvgIpc) is 2.35. The van der Waals surface area contributed by atoms with Crippen molar-refractivity contribution >= 4 is 31.8 Å². The molecule has 19 heavy (non-hydrogen) atoms. The summed E-state index contributed by atoms with van der Waals surface area (Å²) >= 11 is 3.24. The Hall–Kier alpha value is -1.74. The molecule has 7 nitrogen and oxygen atoms in total. The third-order valence-corrected chi connectivity index (χ3v) is 4.31. The van der Waals surface area contributed by atoms with Crippen LogP contribution in [0.3, 0.4) is 0 Å². The van der Waals surface area contributed by atoms with Gasteiger partial charge in [-0.15, -0.1) is 0 Å². The first kappa shape index (κ1) is 13.7. The lowest BCUT2D eigenvalue weighted by Gasteiger charge is -2.19. The van der Waals surface area contributed by atoms with Crippen LogP contribution in [-0.2, 0) is 10.0 Å². The van der Waals surface area contributed by atoms with Gasteiger partial charge in [0, 0.05) is 4.47 Å². The molecule has 0 unspecified atom stereocenters. The fourth-order valence-corrected chi connectivity index (χ4v) is 2.74. The van der Waals surface area contributed by atoms with Crippen LogP contribution in [0.2, 0.25) is 0 Å². The third-order valence-electron chi connectivity index (χ3n) is 2.41. The Morgan fingerprint density at radius 3 is 2.53 bits per heavy atom. The number of amidine groups is 1. The molecular formula is C10H12BrN5O2S. The van der Waals surface area contributed by atoms with E-state index >= 15 is 0 Å². The van der Waals surface area contributed by atoms with E-state index in [2.05, 4.69) is 31.0 Å². The SMILES string of the molecule is NC1=NCNC(NS(=O)(=O)c2ccc(Br)cc2)=C1N. The Balaban J connectivity index is 2.30. The van der Waals surface area contributed by atoms with Crippen molar-refractivity contribution < 1.29 is 8.42 Å². The Bertz CT molecular complexity index is 651. The average molecular weight is 346 g/mol. The van der Waals surface area contributed by atoms with Gasteiger partial charge >= 0.3 is 0 Å². The minimum absolute atomic E-state index is 0.0759. The van der Waals surface area contributed by atoms with Crippen LogP contribution < -0.4 is 21.5 Å². The van der Waals surface area contributed by atoms with Gasteiger partial charge in [0.1, 0.15) is 24.0 Å². The summed E-state index contributed by atoms with van der Waals surface area (Å²) in [6.45, 7) is 0.171. The second-order valence-corrected chi connectivity index (χ2v) is 6.32. The first-order chi connectivity index (χ1) is 8.90. The molecule has 1 aromatic rings. The third kappa shape index (κ3) is 2.99. The van der Waals surface area contributed by atoms with Gasteiger partial charge in [0.05, 0.1) is 4.90 Å². The quantitative estimate of drug-likeness (QED) is 0.602. The maximum Gasteiger partial charge on any atom is 0.263 e. The summed E-state index contributed by atoms with van der Waals surface area (Å²) in [5, 5.41) is 2.72. The first-order valence-corrected chi connectivity index (χ1v) is 7.50. The van der Waals surface area contributed by atoms with Crippen LogP contribution in [-0.4, -0.2) is 20.9 Å². The molecule has 0 aliphatic carbocycles. The molecule has 0 saturated heterocycles. The molecule has 102 valence electrons. The molecular weight excluding hydrogens is 334 g/mol. The second kappa shape index (κ2) is 5.10. The van der Waals surface area contributed by atoms with Crippen molar-refractivity contribution in [2.45, 2.75) is 4.90 Å². The van der Waals surface area contributed by atoms with Gasteiger partial charge in [0.15, 0.2) is 0 Å². The van der Waals surface area contributed by atoms with Gasteiger partial charge in [-0.25, -0.2) is 13.4 Å². The number of nitrogens with one attached hydrogen (secondary N) is 2. The van der Waals surface area contributed by atoms with E-state index in [1.54, 1.807) is 12.1 Å². The van der Waals surface area contributed by atoms with Crippen LogP contribution in [0.1, 0.15) is 0 Å². The number of halogens is 1. The highest BCUT2D eigenvalue weighted by Crippen LogP contribution is 2.15. The van der Waals surface area contributed by atoms with Gasteiger partial charge < -0.3 is 16.8 Å². The van der Waals surface area contributed by atoms with E-state index < -0.39 is 10.0 Å². The molecule has 0 amide bonds. The lowest BCUT2D eigenvalue weighted by Crippen LogP contribution is -2.41. The van der Waals surface area contributed by atoms with Crippen LogP contribution in [0.15, 0.2) is 50.1 Å². The fraction of sp³-hybridized carbons (Fsp3) is 0.100. The molecule has 0 radical (unpaired) electrons. The van der Waals surface area contributed by atoms with E-state index in [1.165, 1.54) is 12.1 Å². The fourth-order valence-electron chi connectivity index (χ4n) is 1.41. The maximum absolute atomic E-state index is 12.1. The number of rotatable bonds is 3. The molecule has 6 N–H and O–H groups in total. The van der Waals surface area contributed by atoms with E-state index in [1.807, 2.05) is 0 Å². The highest BCUT2D eigenvalue weighted by molar-refractivity contribution is 9.10. The number of nitrogens with two attached hydrogens (primary N) is 2. The van der Waals surface area contributed by atoms with Gasteiger partial charge in [-0.3, -0.25) is 4.72 Å². The molecule has 0 atom stereocenters. The molecule has 0 saturated carbocycles. The van der Waals surface area contributed by atoms with Crippen molar-refractivity contribution in [2.24, 2.45) is 16.5 Å². The summed E-state index contributed by atoms with van der Waals surface area (Å²) < 4.78 is 27.4. The summed E-state index contributed by atoms with van der Waals surface area (Å²) in [5.74, 6) is 0.239. The Morgan fingerprint density at radius 1 is 1.26 bits per heavy atom. The summed E-state index contributed by atoms with van der Waals surface area (Å²) in [7, 11) is -3.71. The zero-order valence-corrected chi connectivity index (χ0v) is 12.1. The number of sulfonamides is 1. The molecule has 1 aliphatic heterocycles. The zero-order chi connectivity index (χ0) is 14.0. The van der Waals surface area contributed by atoms with E-state index in [-0.39, 0.29) is 28.9 Å². The molecule has 1 heterocycles. The van der Waals surface area contributed by atoms with Gasteiger partial charge in [0.2, 0.25) is 0 Å². The first-order valence-electron chi connectivity index (χ1n) is 5.22. The van der Waals surface area contributed by atoms with Crippen LogP contribution in [0.25, 0.3) is 0 Å². The van der Waals surface area contributed by atoms with Crippen LogP contribution in [0.4, 0.5) is 0 Å². The summed E-state index contributed by atoms with van der Waals surface area (Å²) in [6.07, 6.45) is 0. The van der Waals surface area contributed by atoms with Crippen molar-refractivity contribution in [2.75, 3.05) is 6.67 Å². The van der Waals surface area contributed by atoms with Crippen molar-refractivity contribution in [3.8, 4) is 0 Å². The highest BCUT2D eigenvalue weighted by Gasteiger charge is 2.19. The van der Waals surface area contributed by atoms with Crippen molar-refractivity contribution in [3.05, 3.63) is 40.3 Å². The lowest BCUT2D eigenvalue weighted by molar-refractivity contribution is 0.583. The van der Waals surface area contributed by atoms with Crippen molar-refractivity contribution in [1.29, 1.82) is 0 Å². The summed E-state index contributed by atoms with van der Waals surface area (Å²) in [5.41, 5.74) is 11.3. The number of hydrogen-bond acceptors (Lipinski definition) is 6. The summed E-state index contributed by atoms with van der Waals surface area (Å²) in [6, 6.07) is 6.22. The number of nitrogens with zero attached hydrogens (tertiary/aromatic N) is 1. The minimum atomic E-state index is -3.71. The van der Waals surface area contributed by atoms with E-state index in [0.717, 1.165) is 4.47 Å². The van der Waals surface area contributed by atoms with Crippen LogP contribution in [0.5, 0.6) is 0 Å². The van der Waals surface area contributed by atoms with Gasteiger partial charge in [0.25, 0.3) is 10.0 Å². The maximum atomic E-state index is 12.1. The largest absolute Gasteiger partial charge is 0.393 e. The van der Waals surface area contributed by atoms with Crippen LogP contribution in [0, 0.1) is 0 Å². The second-order valence-electron chi connectivity index (χ2n) is 3.73. The molecule has 0 aromatic heterocycles. The predicted octanol–water partition coefficient (Wildman–Crippen LogP) is -0.227. The van der Waals surface area contributed by atoms with E-state index in [0.29, 0.717) is 0 Å². The molecule has 0 bridgehead atoms. The highest BCUT2D eigenvalue weighted by atomic mass is 79.9. The molecule has 9 heteroatoms. The van der Waals surface area contributed by atoms with Gasteiger partial charge in [-0.1, -0.05) is 15.9 Å². The van der Waals surface area contributed by atoms with Crippen molar-refractivity contribution in [3.63, 3.8) is 0 Å². The van der Waals surface area contributed by atoms with Crippen LogP contribution >= 0.6 is 15.9 Å². The van der Waals surface area contributed by atoms with E-state index in [9.17, 15) is 8.42 Å². The lowest BCUT2D eigenvalue weighted by atomic mass is 10.4. The molecule has 0 fully saturated rings. The predicted molar refractivity (Wildman–Crippen MR) is 75.3 cm³/mol. The zero-order valence-electron chi connectivity index (χ0n) is 9.72. The molecule has 1 aromatic carbocycles. The molecule has 2 rings (SSSR count). The monoisotopic (exact) mass is 345 g/mol. The number of hydrogen-bond donors (Lipinski definition) is 4. The smallest absolute Gasteiger partial charge is 0.263 e. The number of benzene rings is 1. The normalized spacial score (nSPS) is 15.7. The van der Waals surface area contributed by atoms with Gasteiger partial charge in [-0.2, -0.15) is 0 Å². The Kier molecular flexibility index (Phi) is 3.67. The van der Waals surface area contributed by atoms with Crippen molar-refractivity contribution in [1.82, 2.24) is 10.0 Å². The Labute approximate surface area is 118 Å².